The lowest BCUT2D eigenvalue weighted by Gasteiger charge is -2.11. The molecular formula is C48H30N4. The standard InChI is InChI=1S/C48H30N4/c1-3-11-32(12-4-1)45-30-46(33-13-5-2-6-14-33)52-48(51-45)44-27-23-38-29-36(21-25-42(38)50-44)35-20-24-41-37(28-35)22-26-43(49-41)40-17-9-15-34-19-18-31-10-7-8-16-39(31)47(34)40/h1-30H. The highest BCUT2D eigenvalue weighted by atomic mass is 14.9. The molecule has 4 heteroatoms. The third-order valence-electron chi connectivity index (χ3n) is 9.85. The van der Waals surface area contributed by atoms with Crippen LogP contribution in [0.4, 0.5) is 0 Å². The number of rotatable bonds is 5. The predicted octanol–water partition coefficient (Wildman–Crippen LogP) is 12.2. The minimum Gasteiger partial charge on any atom is -0.248 e. The Morgan fingerprint density at radius 2 is 0.827 bits per heavy atom. The Hall–Kier alpha value is -7.04. The van der Waals surface area contributed by atoms with E-state index in [1.54, 1.807) is 0 Å². The van der Waals surface area contributed by atoms with Crippen LogP contribution in [0.15, 0.2) is 182 Å². The van der Waals surface area contributed by atoms with Crippen LogP contribution in [0.2, 0.25) is 0 Å². The largest absolute Gasteiger partial charge is 0.248 e. The lowest BCUT2D eigenvalue weighted by atomic mass is 9.95. The highest BCUT2D eigenvalue weighted by molar-refractivity contribution is 6.14. The Labute approximate surface area is 300 Å². The zero-order valence-corrected chi connectivity index (χ0v) is 28.1. The number of aromatic nitrogens is 4. The number of hydrogen-bond acceptors (Lipinski definition) is 4. The van der Waals surface area contributed by atoms with E-state index >= 15 is 0 Å². The summed E-state index contributed by atoms with van der Waals surface area (Å²) >= 11 is 0. The first-order valence-electron chi connectivity index (χ1n) is 17.5. The number of benzene rings is 7. The third-order valence-corrected chi connectivity index (χ3v) is 9.85. The summed E-state index contributed by atoms with van der Waals surface area (Å²) in [6.45, 7) is 0. The summed E-state index contributed by atoms with van der Waals surface area (Å²) in [5.41, 5.74) is 10.8. The van der Waals surface area contributed by atoms with Gasteiger partial charge in [-0.3, -0.25) is 0 Å². The number of nitrogens with zero attached hydrogens (tertiary/aromatic N) is 4. The van der Waals surface area contributed by atoms with Crippen molar-refractivity contribution in [2.45, 2.75) is 0 Å². The summed E-state index contributed by atoms with van der Waals surface area (Å²) in [6, 6.07) is 63.4. The second-order valence-corrected chi connectivity index (χ2v) is 13.1. The van der Waals surface area contributed by atoms with E-state index in [1.807, 2.05) is 48.5 Å². The first kappa shape index (κ1) is 29.8. The predicted molar refractivity (Wildman–Crippen MR) is 215 cm³/mol. The van der Waals surface area contributed by atoms with Crippen LogP contribution in [0.25, 0.3) is 99.8 Å². The molecule has 0 aliphatic heterocycles. The molecule has 0 aliphatic carbocycles. The van der Waals surface area contributed by atoms with Gasteiger partial charge >= 0.3 is 0 Å². The maximum atomic E-state index is 5.15. The molecule has 0 fully saturated rings. The molecule has 0 atom stereocenters. The van der Waals surface area contributed by atoms with E-state index < -0.39 is 0 Å². The van der Waals surface area contributed by atoms with Crippen LogP contribution >= 0.6 is 0 Å². The third kappa shape index (κ3) is 5.34. The molecule has 0 saturated heterocycles. The summed E-state index contributed by atoms with van der Waals surface area (Å²) in [6.07, 6.45) is 0. The Bertz CT molecular complexity index is 2900. The molecule has 0 aliphatic rings. The van der Waals surface area contributed by atoms with Crippen molar-refractivity contribution in [3.63, 3.8) is 0 Å². The van der Waals surface area contributed by atoms with Gasteiger partial charge in [0.25, 0.3) is 0 Å². The molecule has 0 amide bonds. The molecule has 0 spiro atoms. The number of hydrogen-bond donors (Lipinski definition) is 0. The zero-order chi connectivity index (χ0) is 34.4. The van der Waals surface area contributed by atoms with Crippen LogP contribution in [0.1, 0.15) is 0 Å². The summed E-state index contributed by atoms with van der Waals surface area (Å²) in [5, 5.41) is 7.10. The lowest BCUT2D eigenvalue weighted by molar-refractivity contribution is 1.16. The summed E-state index contributed by atoms with van der Waals surface area (Å²) in [5.74, 6) is 0.601. The van der Waals surface area contributed by atoms with Gasteiger partial charge in [-0.25, -0.2) is 19.9 Å². The van der Waals surface area contributed by atoms with Crippen molar-refractivity contribution in [1.29, 1.82) is 0 Å². The van der Waals surface area contributed by atoms with Crippen LogP contribution in [-0.4, -0.2) is 19.9 Å². The van der Waals surface area contributed by atoms with Gasteiger partial charge in [0, 0.05) is 27.5 Å². The molecule has 4 nitrogen and oxygen atoms in total. The fourth-order valence-electron chi connectivity index (χ4n) is 7.23. The van der Waals surface area contributed by atoms with E-state index in [2.05, 4.69) is 133 Å². The molecule has 0 bridgehead atoms. The van der Waals surface area contributed by atoms with Crippen LogP contribution in [0.5, 0.6) is 0 Å². The number of pyridine rings is 2. The van der Waals surface area contributed by atoms with Gasteiger partial charge in [0.15, 0.2) is 5.82 Å². The topological polar surface area (TPSA) is 51.6 Å². The molecule has 242 valence electrons. The molecular weight excluding hydrogens is 633 g/mol. The summed E-state index contributed by atoms with van der Waals surface area (Å²) in [4.78, 5) is 20.1. The molecule has 0 radical (unpaired) electrons. The van der Waals surface area contributed by atoms with Gasteiger partial charge in [0.2, 0.25) is 0 Å². The maximum absolute atomic E-state index is 5.15. The smallest absolute Gasteiger partial charge is 0.179 e. The molecule has 52 heavy (non-hydrogen) atoms. The van der Waals surface area contributed by atoms with Crippen molar-refractivity contribution in [3.05, 3.63) is 182 Å². The molecule has 10 aromatic rings. The van der Waals surface area contributed by atoms with Gasteiger partial charge in [0.05, 0.1) is 28.1 Å². The average Bonchev–Trinajstić information content (AvgIpc) is 3.23. The van der Waals surface area contributed by atoms with Crippen molar-refractivity contribution < 1.29 is 0 Å². The van der Waals surface area contributed by atoms with Crippen molar-refractivity contribution in [2.75, 3.05) is 0 Å². The first-order chi connectivity index (χ1) is 25.7. The van der Waals surface area contributed by atoms with Crippen molar-refractivity contribution in [1.82, 2.24) is 19.9 Å². The molecule has 0 unspecified atom stereocenters. The van der Waals surface area contributed by atoms with Crippen molar-refractivity contribution in [2.24, 2.45) is 0 Å². The van der Waals surface area contributed by atoms with Crippen molar-refractivity contribution in [3.8, 4) is 56.4 Å². The zero-order valence-electron chi connectivity index (χ0n) is 28.1. The Kier molecular flexibility index (Phi) is 7.10. The van der Waals surface area contributed by atoms with Crippen LogP contribution in [0.3, 0.4) is 0 Å². The Morgan fingerprint density at radius 1 is 0.288 bits per heavy atom. The van der Waals surface area contributed by atoms with Gasteiger partial charge in [-0.1, -0.05) is 140 Å². The molecule has 3 heterocycles. The Balaban J connectivity index is 0.996. The fourth-order valence-corrected chi connectivity index (χ4v) is 7.23. The normalized spacial score (nSPS) is 11.5. The quantitative estimate of drug-likeness (QED) is 0.172. The summed E-state index contributed by atoms with van der Waals surface area (Å²) < 4.78 is 0. The van der Waals surface area contributed by atoms with E-state index in [0.717, 1.165) is 72.4 Å². The van der Waals surface area contributed by atoms with Gasteiger partial charge in [-0.15, -0.1) is 0 Å². The molecule has 0 saturated carbocycles. The van der Waals surface area contributed by atoms with Crippen LogP contribution in [-0.2, 0) is 0 Å². The first-order valence-corrected chi connectivity index (χ1v) is 17.5. The van der Waals surface area contributed by atoms with E-state index in [9.17, 15) is 0 Å². The van der Waals surface area contributed by atoms with Crippen LogP contribution in [0, 0.1) is 0 Å². The monoisotopic (exact) mass is 662 g/mol. The highest BCUT2D eigenvalue weighted by Gasteiger charge is 2.14. The maximum Gasteiger partial charge on any atom is 0.179 e. The molecule has 3 aromatic heterocycles. The minimum absolute atomic E-state index is 0.601. The molecule has 0 N–H and O–H groups in total. The second kappa shape index (κ2) is 12.4. The van der Waals surface area contributed by atoms with Gasteiger partial charge in [0.1, 0.15) is 5.69 Å². The van der Waals surface area contributed by atoms with Crippen LogP contribution < -0.4 is 0 Å². The van der Waals surface area contributed by atoms with Gasteiger partial charge < -0.3 is 0 Å². The number of fused-ring (bicyclic) bond motifs is 5. The fraction of sp³-hybridized carbons (Fsp3) is 0. The summed E-state index contributed by atoms with van der Waals surface area (Å²) in [7, 11) is 0. The van der Waals surface area contributed by atoms with E-state index in [1.165, 1.54) is 21.5 Å². The van der Waals surface area contributed by atoms with Gasteiger partial charge in [-0.05, 0) is 75.1 Å². The van der Waals surface area contributed by atoms with E-state index in [0.29, 0.717) is 5.82 Å². The molecule has 10 rings (SSSR count). The SMILES string of the molecule is c1ccc(-c2cc(-c3ccccc3)nc(-c3ccc4cc(-c5ccc6nc(-c7cccc8ccc9ccccc9c78)ccc6c5)ccc4n3)n2)cc1. The van der Waals surface area contributed by atoms with Gasteiger partial charge in [-0.2, -0.15) is 0 Å². The van der Waals surface area contributed by atoms with Crippen molar-refractivity contribution >= 4 is 43.4 Å². The second-order valence-electron chi connectivity index (χ2n) is 13.1. The van der Waals surface area contributed by atoms with E-state index in [-0.39, 0.29) is 0 Å². The molecule has 7 aromatic carbocycles. The Morgan fingerprint density at radius 3 is 1.50 bits per heavy atom. The minimum atomic E-state index is 0.601. The lowest BCUT2D eigenvalue weighted by Crippen LogP contribution is -1.97. The van der Waals surface area contributed by atoms with E-state index in [4.69, 9.17) is 19.9 Å². The average molecular weight is 663 g/mol. The highest BCUT2D eigenvalue weighted by Crippen LogP contribution is 2.35.